The molecule has 24 heavy (non-hydrogen) atoms. The van der Waals surface area contributed by atoms with Gasteiger partial charge in [-0.25, -0.2) is 9.97 Å². The van der Waals surface area contributed by atoms with E-state index in [4.69, 9.17) is 5.73 Å². The lowest BCUT2D eigenvalue weighted by molar-refractivity contribution is 0.958. The topological polar surface area (TPSA) is 122 Å². The molecule has 4 aromatic rings. The Morgan fingerprint density at radius 2 is 1.71 bits per heavy atom. The second-order valence-corrected chi connectivity index (χ2v) is 5.19. The number of H-pyrrole nitrogens is 2. The fraction of sp³-hybridized carbons (Fsp3) is 0. The van der Waals surface area contributed by atoms with Crippen molar-refractivity contribution >= 4 is 16.5 Å². The maximum absolute atomic E-state index is 12.3. The van der Waals surface area contributed by atoms with Crippen molar-refractivity contribution in [1.29, 1.82) is 0 Å². The second kappa shape index (κ2) is 5.20. The summed E-state index contributed by atoms with van der Waals surface area (Å²) in [6.07, 6.45) is 4.72. The van der Waals surface area contributed by atoms with Crippen molar-refractivity contribution in [2.75, 3.05) is 5.73 Å². The summed E-state index contributed by atoms with van der Waals surface area (Å²) in [6.45, 7) is 0. The fourth-order valence-electron chi connectivity index (χ4n) is 2.66. The maximum atomic E-state index is 12.3. The molecule has 3 heterocycles. The number of nitrogens with two attached hydrogens (primary N) is 1. The van der Waals surface area contributed by atoms with E-state index in [1.807, 2.05) is 30.3 Å². The quantitative estimate of drug-likeness (QED) is 0.509. The summed E-state index contributed by atoms with van der Waals surface area (Å²) in [5.74, 6) is 0.294. The molecule has 0 atom stereocenters. The van der Waals surface area contributed by atoms with E-state index < -0.39 is 11.1 Å². The molecule has 0 fully saturated rings. The largest absolute Gasteiger partial charge is 0.396 e. The number of hydrogen-bond acceptors (Lipinski definition) is 5. The van der Waals surface area contributed by atoms with E-state index in [2.05, 4.69) is 20.2 Å². The van der Waals surface area contributed by atoms with Gasteiger partial charge in [0.2, 0.25) is 0 Å². The number of rotatable bonds is 2. The van der Waals surface area contributed by atoms with Crippen LogP contribution in [0.4, 0.5) is 5.69 Å². The Hall–Kier alpha value is -3.68. The zero-order valence-corrected chi connectivity index (χ0v) is 12.4. The summed E-state index contributed by atoms with van der Waals surface area (Å²) >= 11 is 0. The van der Waals surface area contributed by atoms with Crippen LogP contribution in [0.25, 0.3) is 27.8 Å². The van der Waals surface area contributed by atoms with Crippen molar-refractivity contribution in [2.45, 2.75) is 0 Å². The number of nitrogens with zero attached hydrogens (tertiary/aromatic N) is 3. The number of fused-ring (bicyclic) bond motifs is 1. The van der Waals surface area contributed by atoms with Crippen LogP contribution < -0.4 is 16.9 Å². The van der Waals surface area contributed by atoms with E-state index in [9.17, 15) is 9.59 Å². The van der Waals surface area contributed by atoms with Gasteiger partial charge in [0.05, 0.1) is 22.2 Å². The molecular weight excluding hydrogens is 308 g/mol. The molecule has 4 rings (SSSR count). The number of anilines is 1. The van der Waals surface area contributed by atoms with Gasteiger partial charge in [-0.1, -0.05) is 30.3 Å². The van der Waals surface area contributed by atoms with Crippen molar-refractivity contribution in [1.82, 2.24) is 24.7 Å². The van der Waals surface area contributed by atoms with Crippen LogP contribution in [0.2, 0.25) is 0 Å². The summed E-state index contributed by atoms with van der Waals surface area (Å²) in [5.41, 5.74) is 6.56. The van der Waals surface area contributed by atoms with Gasteiger partial charge in [-0.05, 0) is 0 Å². The number of hydrogen-bond donors (Lipinski definition) is 3. The second-order valence-electron chi connectivity index (χ2n) is 5.19. The van der Waals surface area contributed by atoms with Gasteiger partial charge in [0.25, 0.3) is 11.1 Å². The third-order valence-electron chi connectivity index (χ3n) is 3.76. The Kier molecular flexibility index (Phi) is 3.02. The van der Waals surface area contributed by atoms with Gasteiger partial charge in [-0.3, -0.25) is 24.4 Å². The molecular formula is C16H12N6O2. The number of pyridine rings is 1. The lowest BCUT2D eigenvalue weighted by Gasteiger charge is -2.12. The van der Waals surface area contributed by atoms with Crippen LogP contribution in [0.5, 0.6) is 0 Å². The minimum atomic E-state index is -0.483. The molecule has 0 saturated carbocycles. The van der Waals surface area contributed by atoms with E-state index >= 15 is 0 Å². The van der Waals surface area contributed by atoms with Crippen LogP contribution in [-0.4, -0.2) is 24.7 Å². The predicted octanol–water partition coefficient (Wildman–Crippen LogP) is 1.05. The number of aromatic nitrogens is 5. The molecule has 3 aromatic heterocycles. The average Bonchev–Trinajstić information content (AvgIpc) is 3.13. The molecule has 0 saturated heterocycles. The molecule has 8 heteroatoms. The monoisotopic (exact) mass is 320 g/mol. The van der Waals surface area contributed by atoms with Crippen molar-refractivity contribution < 1.29 is 0 Å². The molecule has 0 bridgehead atoms. The van der Waals surface area contributed by atoms with Crippen LogP contribution in [0, 0.1) is 0 Å². The van der Waals surface area contributed by atoms with E-state index in [1.165, 1.54) is 6.33 Å². The normalized spacial score (nSPS) is 11.0. The van der Waals surface area contributed by atoms with E-state index in [-0.39, 0.29) is 16.5 Å². The molecule has 0 unspecified atom stereocenters. The van der Waals surface area contributed by atoms with Crippen molar-refractivity contribution in [2.24, 2.45) is 0 Å². The minimum Gasteiger partial charge on any atom is -0.396 e. The Morgan fingerprint density at radius 3 is 2.38 bits per heavy atom. The van der Waals surface area contributed by atoms with Gasteiger partial charge >= 0.3 is 0 Å². The Bertz CT molecular complexity index is 1140. The first-order valence-corrected chi connectivity index (χ1v) is 7.14. The fourth-order valence-corrected chi connectivity index (χ4v) is 2.66. The first kappa shape index (κ1) is 13.9. The van der Waals surface area contributed by atoms with Gasteiger partial charge < -0.3 is 5.73 Å². The van der Waals surface area contributed by atoms with Crippen LogP contribution in [-0.2, 0) is 0 Å². The summed E-state index contributed by atoms with van der Waals surface area (Å²) in [4.78, 5) is 33.1. The zero-order valence-electron chi connectivity index (χ0n) is 12.4. The van der Waals surface area contributed by atoms with E-state index in [1.54, 1.807) is 17.0 Å². The van der Waals surface area contributed by atoms with Gasteiger partial charge in [-0.15, -0.1) is 0 Å². The first-order chi connectivity index (χ1) is 11.7. The molecule has 4 N–H and O–H groups in total. The third-order valence-corrected chi connectivity index (χ3v) is 3.76. The highest BCUT2D eigenvalue weighted by molar-refractivity contribution is 6.01. The number of nitrogens with one attached hydrogen (secondary N) is 2. The average molecular weight is 320 g/mol. The highest BCUT2D eigenvalue weighted by Gasteiger charge is 2.19. The van der Waals surface area contributed by atoms with Gasteiger partial charge in [0, 0.05) is 18.0 Å². The summed E-state index contributed by atoms with van der Waals surface area (Å²) < 4.78 is 1.57. The van der Waals surface area contributed by atoms with Crippen LogP contribution in [0.15, 0.2) is 58.6 Å². The highest BCUT2D eigenvalue weighted by atomic mass is 16.1. The maximum Gasteiger partial charge on any atom is 0.274 e. The first-order valence-electron chi connectivity index (χ1n) is 7.14. The highest BCUT2D eigenvalue weighted by Crippen LogP contribution is 2.30. The summed E-state index contributed by atoms with van der Waals surface area (Å²) in [6, 6.07) is 9.24. The molecule has 0 amide bonds. The molecule has 1 aromatic carbocycles. The molecule has 0 spiro atoms. The van der Waals surface area contributed by atoms with Crippen molar-refractivity contribution in [3.8, 4) is 17.1 Å². The standard InChI is InChI=1S/C16H12N6O2/c17-12-10-11(16(24)21-20-15(10)23)14(22-7-6-18-8-22)19-13(12)9-4-2-1-3-5-9/h1-8H,17H2,(H,20,23)(H,21,24). The SMILES string of the molecule is Nc1c(-c2ccccc2)nc(-n2ccnc2)c2c(=O)[nH][nH]c(=O)c12. The molecule has 0 radical (unpaired) electrons. The lowest BCUT2D eigenvalue weighted by Crippen LogP contribution is -2.22. The zero-order chi connectivity index (χ0) is 16.7. The number of nitrogen functional groups attached to an aromatic ring is 1. The number of imidazole rings is 1. The number of aromatic amines is 2. The lowest BCUT2D eigenvalue weighted by atomic mass is 10.1. The van der Waals surface area contributed by atoms with Gasteiger partial charge in [0.1, 0.15) is 6.33 Å². The molecule has 8 nitrogen and oxygen atoms in total. The molecule has 0 aliphatic rings. The number of benzene rings is 1. The van der Waals surface area contributed by atoms with Gasteiger partial charge in [-0.2, -0.15) is 0 Å². The minimum absolute atomic E-state index is 0.108. The molecule has 118 valence electrons. The van der Waals surface area contributed by atoms with Gasteiger partial charge in [0.15, 0.2) is 5.82 Å². The van der Waals surface area contributed by atoms with E-state index in [0.717, 1.165) is 5.56 Å². The summed E-state index contributed by atoms with van der Waals surface area (Å²) in [7, 11) is 0. The summed E-state index contributed by atoms with van der Waals surface area (Å²) in [5, 5.41) is 4.84. The third kappa shape index (κ3) is 2.01. The van der Waals surface area contributed by atoms with E-state index in [0.29, 0.717) is 11.5 Å². The van der Waals surface area contributed by atoms with Crippen LogP contribution in [0.3, 0.4) is 0 Å². The van der Waals surface area contributed by atoms with Crippen molar-refractivity contribution in [3.63, 3.8) is 0 Å². The molecule has 0 aliphatic heterocycles. The van der Waals surface area contributed by atoms with Crippen LogP contribution in [0.1, 0.15) is 0 Å². The Labute approximate surface area is 134 Å². The smallest absolute Gasteiger partial charge is 0.274 e. The Morgan fingerprint density at radius 1 is 1.00 bits per heavy atom. The Balaban J connectivity index is 2.22. The molecule has 0 aliphatic carbocycles. The van der Waals surface area contributed by atoms with Crippen LogP contribution >= 0.6 is 0 Å². The predicted molar refractivity (Wildman–Crippen MR) is 90.0 cm³/mol. The van der Waals surface area contributed by atoms with Crippen molar-refractivity contribution in [3.05, 3.63) is 69.8 Å².